The predicted molar refractivity (Wildman–Crippen MR) is 73.1 cm³/mol. The summed E-state index contributed by atoms with van der Waals surface area (Å²) in [5, 5.41) is 9.03. The summed E-state index contributed by atoms with van der Waals surface area (Å²) in [4.78, 5) is 2.49. The summed E-state index contributed by atoms with van der Waals surface area (Å²) in [7, 11) is 1.77. The summed E-state index contributed by atoms with van der Waals surface area (Å²) in [6.07, 6.45) is 5.07. The first-order valence-electron chi connectivity index (χ1n) is 7.05. The molecule has 2 unspecified atom stereocenters. The van der Waals surface area contributed by atoms with E-state index in [1.165, 1.54) is 19.4 Å². The number of nitrogens with zero attached hydrogens (tertiary/aromatic N) is 2. The van der Waals surface area contributed by atoms with Crippen LogP contribution in [0, 0.1) is 17.2 Å². The Morgan fingerprint density at radius 1 is 1.56 bits per heavy atom. The van der Waals surface area contributed by atoms with Crippen LogP contribution in [0.15, 0.2) is 0 Å². The molecule has 0 bridgehead atoms. The van der Waals surface area contributed by atoms with E-state index in [2.05, 4.69) is 11.0 Å². The summed E-state index contributed by atoms with van der Waals surface area (Å²) >= 11 is 0. The molecule has 0 aromatic rings. The minimum atomic E-state index is -0.623. The molecule has 0 aromatic carbocycles. The molecule has 0 aliphatic carbocycles. The first-order chi connectivity index (χ1) is 8.63. The van der Waals surface area contributed by atoms with Gasteiger partial charge in [0.2, 0.25) is 0 Å². The summed E-state index contributed by atoms with van der Waals surface area (Å²) in [6, 6.07) is 2.23. The molecule has 4 nitrogen and oxygen atoms in total. The van der Waals surface area contributed by atoms with Crippen LogP contribution >= 0.6 is 0 Å². The molecule has 1 aliphatic heterocycles. The van der Waals surface area contributed by atoms with Gasteiger partial charge in [0.1, 0.15) is 5.54 Å². The van der Waals surface area contributed by atoms with Gasteiger partial charge in [0, 0.05) is 13.7 Å². The average Bonchev–Trinajstić information content (AvgIpc) is 2.39. The van der Waals surface area contributed by atoms with E-state index in [0.717, 1.165) is 39.0 Å². The van der Waals surface area contributed by atoms with Gasteiger partial charge in [0.15, 0.2) is 0 Å². The molecule has 2 atom stereocenters. The van der Waals surface area contributed by atoms with Crippen molar-refractivity contribution in [1.82, 2.24) is 4.90 Å². The van der Waals surface area contributed by atoms with Crippen LogP contribution in [0.3, 0.4) is 0 Å². The fourth-order valence-electron chi connectivity index (χ4n) is 2.66. The molecular weight excluding hydrogens is 226 g/mol. The van der Waals surface area contributed by atoms with E-state index in [9.17, 15) is 0 Å². The Labute approximate surface area is 111 Å². The summed E-state index contributed by atoms with van der Waals surface area (Å²) in [5.74, 6) is 0.675. The standard InChI is InChI=1S/C14H27N3O/c1-3-14(16,12-15)7-5-9-17-8-4-6-13(10-17)11-18-2/h13H,3-11,16H2,1-2H3. The zero-order valence-corrected chi connectivity index (χ0v) is 11.8. The van der Waals surface area contributed by atoms with Crippen LogP contribution in [0.25, 0.3) is 0 Å². The van der Waals surface area contributed by atoms with Crippen LogP contribution < -0.4 is 5.73 Å². The molecular formula is C14H27N3O. The predicted octanol–water partition coefficient (Wildman–Crippen LogP) is 1.76. The Morgan fingerprint density at radius 2 is 2.33 bits per heavy atom. The van der Waals surface area contributed by atoms with E-state index in [-0.39, 0.29) is 0 Å². The first-order valence-corrected chi connectivity index (χ1v) is 7.05. The Kier molecular flexibility index (Phi) is 6.62. The fraction of sp³-hybridized carbons (Fsp3) is 0.929. The number of hydrogen-bond acceptors (Lipinski definition) is 4. The lowest BCUT2D eigenvalue weighted by molar-refractivity contribution is 0.0892. The third kappa shape index (κ3) is 4.93. The Balaban J connectivity index is 2.25. The van der Waals surface area contributed by atoms with Crippen molar-refractivity contribution in [3.63, 3.8) is 0 Å². The van der Waals surface area contributed by atoms with Crippen molar-refractivity contribution in [3.05, 3.63) is 0 Å². The van der Waals surface area contributed by atoms with Gasteiger partial charge in [-0.3, -0.25) is 0 Å². The number of methoxy groups -OCH3 is 1. The van der Waals surface area contributed by atoms with Gasteiger partial charge in [-0.25, -0.2) is 0 Å². The van der Waals surface area contributed by atoms with Gasteiger partial charge in [0.05, 0.1) is 12.7 Å². The molecule has 0 radical (unpaired) electrons. The van der Waals surface area contributed by atoms with E-state index >= 15 is 0 Å². The molecule has 1 fully saturated rings. The monoisotopic (exact) mass is 253 g/mol. The lowest BCUT2D eigenvalue weighted by Crippen LogP contribution is -2.40. The SMILES string of the molecule is CCC(N)(C#N)CCCN1CCCC(COC)C1. The minimum Gasteiger partial charge on any atom is -0.384 e. The number of hydrogen-bond donors (Lipinski definition) is 1. The van der Waals surface area contributed by atoms with Crippen LogP contribution in [0.5, 0.6) is 0 Å². The van der Waals surface area contributed by atoms with Crippen LogP contribution in [0.2, 0.25) is 0 Å². The number of ether oxygens (including phenoxy) is 1. The number of rotatable bonds is 7. The second-order valence-electron chi connectivity index (χ2n) is 5.49. The highest BCUT2D eigenvalue weighted by molar-refractivity contribution is 5.03. The Morgan fingerprint density at radius 3 is 2.94 bits per heavy atom. The molecule has 0 aromatic heterocycles. The van der Waals surface area contributed by atoms with Gasteiger partial charge in [0.25, 0.3) is 0 Å². The van der Waals surface area contributed by atoms with E-state index in [1.54, 1.807) is 7.11 Å². The van der Waals surface area contributed by atoms with Gasteiger partial charge in [-0.05, 0) is 51.1 Å². The van der Waals surface area contributed by atoms with Crippen LogP contribution in [-0.4, -0.2) is 43.8 Å². The number of nitriles is 1. The Bertz CT molecular complexity index is 275. The molecule has 1 aliphatic rings. The number of nitrogens with two attached hydrogens (primary N) is 1. The van der Waals surface area contributed by atoms with Gasteiger partial charge in [-0.15, -0.1) is 0 Å². The Hall–Kier alpha value is -0.630. The molecule has 1 heterocycles. The van der Waals surface area contributed by atoms with Crippen LogP contribution in [0.4, 0.5) is 0 Å². The van der Waals surface area contributed by atoms with Crippen molar-refractivity contribution >= 4 is 0 Å². The molecule has 104 valence electrons. The lowest BCUT2D eigenvalue weighted by atomic mass is 9.93. The zero-order chi connectivity index (χ0) is 13.4. The molecule has 4 heteroatoms. The van der Waals surface area contributed by atoms with Crippen molar-refractivity contribution in [2.75, 3.05) is 33.4 Å². The van der Waals surface area contributed by atoms with Gasteiger partial charge in [-0.1, -0.05) is 6.92 Å². The molecule has 1 rings (SSSR count). The van der Waals surface area contributed by atoms with Crippen molar-refractivity contribution < 1.29 is 4.74 Å². The molecule has 18 heavy (non-hydrogen) atoms. The van der Waals surface area contributed by atoms with Crippen molar-refractivity contribution in [2.24, 2.45) is 11.7 Å². The second-order valence-corrected chi connectivity index (χ2v) is 5.49. The highest BCUT2D eigenvalue weighted by Crippen LogP contribution is 2.18. The average molecular weight is 253 g/mol. The van der Waals surface area contributed by atoms with Gasteiger partial charge < -0.3 is 15.4 Å². The topological polar surface area (TPSA) is 62.3 Å². The molecule has 0 saturated carbocycles. The smallest absolute Gasteiger partial charge is 0.104 e. The molecule has 1 saturated heterocycles. The van der Waals surface area contributed by atoms with E-state index < -0.39 is 5.54 Å². The van der Waals surface area contributed by atoms with E-state index in [1.807, 2.05) is 6.92 Å². The maximum absolute atomic E-state index is 9.03. The third-order valence-corrected chi connectivity index (χ3v) is 3.96. The lowest BCUT2D eigenvalue weighted by Gasteiger charge is -2.33. The van der Waals surface area contributed by atoms with Gasteiger partial charge in [-0.2, -0.15) is 5.26 Å². The van der Waals surface area contributed by atoms with Crippen molar-refractivity contribution in [2.45, 2.75) is 44.6 Å². The van der Waals surface area contributed by atoms with Gasteiger partial charge >= 0.3 is 0 Å². The van der Waals surface area contributed by atoms with E-state index in [0.29, 0.717) is 5.92 Å². The zero-order valence-electron chi connectivity index (χ0n) is 11.8. The second kappa shape index (κ2) is 7.73. The number of piperidine rings is 1. The highest BCUT2D eigenvalue weighted by atomic mass is 16.5. The van der Waals surface area contributed by atoms with E-state index in [4.69, 9.17) is 15.7 Å². The minimum absolute atomic E-state index is 0.623. The normalized spacial score (nSPS) is 24.4. The van der Waals surface area contributed by atoms with Crippen molar-refractivity contribution in [1.29, 1.82) is 5.26 Å². The first kappa shape index (κ1) is 15.4. The molecule has 2 N–H and O–H groups in total. The quantitative estimate of drug-likeness (QED) is 0.751. The maximum atomic E-state index is 9.03. The van der Waals surface area contributed by atoms with Crippen LogP contribution in [-0.2, 0) is 4.74 Å². The fourth-order valence-corrected chi connectivity index (χ4v) is 2.66. The molecule has 0 spiro atoms. The van der Waals surface area contributed by atoms with Crippen molar-refractivity contribution in [3.8, 4) is 6.07 Å². The maximum Gasteiger partial charge on any atom is 0.104 e. The third-order valence-electron chi connectivity index (χ3n) is 3.96. The van der Waals surface area contributed by atoms with Crippen LogP contribution in [0.1, 0.15) is 39.0 Å². The summed E-state index contributed by atoms with van der Waals surface area (Å²) in [5.41, 5.74) is 5.36. The summed E-state index contributed by atoms with van der Waals surface area (Å²) in [6.45, 7) is 6.21. The molecule has 0 amide bonds. The highest BCUT2D eigenvalue weighted by Gasteiger charge is 2.23. The summed E-state index contributed by atoms with van der Waals surface area (Å²) < 4.78 is 5.23. The largest absolute Gasteiger partial charge is 0.384 e. The number of likely N-dealkylation sites (tertiary alicyclic amines) is 1.